The van der Waals surface area contributed by atoms with Gasteiger partial charge in [-0.3, -0.25) is 9.59 Å². The van der Waals surface area contributed by atoms with E-state index in [1.807, 2.05) is 6.92 Å². The van der Waals surface area contributed by atoms with Crippen LogP contribution in [-0.4, -0.2) is 59.9 Å². The summed E-state index contributed by atoms with van der Waals surface area (Å²) in [7, 11) is 3.27. The maximum absolute atomic E-state index is 12.4. The number of carbonyl (C=O) groups is 3. The molecule has 114 valence electrons. The van der Waals surface area contributed by atoms with Crippen LogP contribution in [0.1, 0.15) is 34.1 Å². The summed E-state index contributed by atoms with van der Waals surface area (Å²) in [6, 6.07) is 5.70. The molecule has 0 unspecified atom stereocenters. The maximum atomic E-state index is 12.4. The second-order valence-corrected chi connectivity index (χ2v) is 4.90. The summed E-state index contributed by atoms with van der Waals surface area (Å²) in [4.78, 5) is 37.8. The number of rotatable bonds is 6. The van der Waals surface area contributed by atoms with Gasteiger partial charge in [-0.05, 0) is 30.7 Å². The molecule has 0 aliphatic heterocycles. The molecular formula is C15H20N2O4. The van der Waals surface area contributed by atoms with Crippen molar-refractivity contribution in [1.82, 2.24) is 9.80 Å². The first-order valence-electron chi connectivity index (χ1n) is 6.69. The van der Waals surface area contributed by atoms with E-state index in [-0.39, 0.29) is 23.9 Å². The number of carboxylic acid groups (broad SMARTS) is 1. The third-order valence-electron chi connectivity index (χ3n) is 2.98. The van der Waals surface area contributed by atoms with Crippen LogP contribution in [0, 0.1) is 0 Å². The van der Waals surface area contributed by atoms with Gasteiger partial charge in [0.2, 0.25) is 5.91 Å². The fraction of sp³-hybridized carbons (Fsp3) is 0.400. The van der Waals surface area contributed by atoms with E-state index >= 15 is 0 Å². The normalized spacial score (nSPS) is 10.0. The Morgan fingerprint density at radius 1 is 1.05 bits per heavy atom. The van der Waals surface area contributed by atoms with Crippen LogP contribution in [-0.2, 0) is 4.79 Å². The van der Waals surface area contributed by atoms with E-state index in [1.165, 1.54) is 34.1 Å². The van der Waals surface area contributed by atoms with Crippen LogP contribution in [0.3, 0.4) is 0 Å². The molecule has 1 aromatic carbocycles. The minimum atomic E-state index is -1.04. The predicted molar refractivity (Wildman–Crippen MR) is 78.3 cm³/mol. The number of hydrogen-bond donors (Lipinski definition) is 1. The number of amides is 2. The molecule has 0 saturated carbocycles. The van der Waals surface area contributed by atoms with Crippen molar-refractivity contribution < 1.29 is 19.5 Å². The topological polar surface area (TPSA) is 77.9 Å². The van der Waals surface area contributed by atoms with Gasteiger partial charge in [0.15, 0.2) is 0 Å². The minimum Gasteiger partial charge on any atom is -0.478 e. The first-order chi connectivity index (χ1) is 9.86. The van der Waals surface area contributed by atoms with Crippen LogP contribution >= 0.6 is 0 Å². The lowest BCUT2D eigenvalue weighted by molar-refractivity contribution is -0.129. The second kappa shape index (κ2) is 7.42. The van der Waals surface area contributed by atoms with Crippen molar-refractivity contribution in [1.29, 1.82) is 0 Å². The maximum Gasteiger partial charge on any atom is 0.335 e. The van der Waals surface area contributed by atoms with Crippen LogP contribution in [0.4, 0.5) is 0 Å². The number of carboxylic acids is 1. The fourth-order valence-electron chi connectivity index (χ4n) is 1.76. The molecule has 0 heterocycles. The lowest BCUT2D eigenvalue weighted by Gasteiger charge is -2.23. The van der Waals surface area contributed by atoms with E-state index in [2.05, 4.69) is 0 Å². The summed E-state index contributed by atoms with van der Waals surface area (Å²) in [5, 5.41) is 8.84. The Bertz CT molecular complexity index is 523. The highest BCUT2D eigenvalue weighted by molar-refractivity contribution is 5.97. The van der Waals surface area contributed by atoms with Gasteiger partial charge in [-0.2, -0.15) is 0 Å². The van der Waals surface area contributed by atoms with Gasteiger partial charge >= 0.3 is 5.97 Å². The van der Waals surface area contributed by atoms with E-state index < -0.39 is 5.97 Å². The predicted octanol–water partition coefficient (Wildman–Crippen LogP) is 1.33. The van der Waals surface area contributed by atoms with Gasteiger partial charge < -0.3 is 14.9 Å². The van der Waals surface area contributed by atoms with Gasteiger partial charge in [-0.1, -0.05) is 6.92 Å². The summed E-state index contributed by atoms with van der Waals surface area (Å²) in [6.07, 6.45) is 0.736. The lowest BCUT2D eigenvalue weighted by atomic mass is 10.1. The lowest BCUT2D eigenvalue weighted by Crippen LogP contribution is -2.40. The summed E-state index contributed by atoms with van der Waals surface area (Å²) >= 11 is 0. The van der Waals surface area contributed by atoms with Crippen molar-refractivity contribution in [2.45, 2.75) is 13.3 Å². The van der Waals surface area contributed by atoms with Crippen molar-refractivity contribution in [3.05, 3.63) is 35.4 Å². The van der Waals surface area contributed by atoms with Gasteiger partial charge in [-0.25, -0.2) is 4.79 Å². The van der Waals surface area contributed by atoms with E-state index in [1.54, 1.807) is 14.1 Å². The molecule has 0 atom stereocenters. The summed E-state index contributed by atoms with van der Waals surface area (Å²) in [5.74, 6) is -1.47. The molecule has 2 amide bonds. The average Bonchev–Trinajstić information content (AvgIpc) is 2.45. The monoisotopic (exact) mass is 292 g/mol. The van der Waals surface area contributed by atoms with Crippen LogP contribution in [0.25, 0.3) is 0 Å². The van der Waals surface area contributed by atoms with Crippen molar-refractivity contribution in [2.24, 2.45) is 0 Å². The Labute approximate surface area is 124 Å². The summed E-state index contributed by atoms with van der Waals surface area (Å²) in [5.41, 5.74) is 0.498. The largest absolute Gasteiger partial charge is 0.478 e. The molecule has 6 heteroatoms. The van der Waals surface area contributed by atoms with Crippen molar-refractivity contribution in [3.8, 4) is 0 Å². The van der Waals surface area contributed by atoms with Crippen molar-refractivity contribution in [2.75, 3.05) is 27.2 Å². The molecule has 6 nitrogen and oxygen atoms in total. The molecule has 1 N–H and O–H groups in total. The Balaban J connectivity index is 2.89. The molecular weight excluding hydrogens is 272 g/mol. The standard InChI is InChI=1S/C15H20N2O4/c1-4-9-17(10-13(18)16(2)3)14(19)11-5-7-12(8-6-11)15(20)21/h5-8H,4,9-10H2,1-3H3,(H,20,21). The zero-order valence-corrected chi connectivity index (χ0v) is 12.5. The SMILES string of the molecule is CCCN(CC(=O)N(C)C)C(=O)c1ccc(C(=O)O)cc1. The van der Waals surface area contributed by atoms with Crippen LogP contribution in [0.15, 0.2) is 24.3 Å². The smallest absolute Gasteiger partial charge is 0.335 e. The molecule has 0 spiro atoms. The molecule has 21 heavy (non-hydrogen) atoms. The molecule has 0 bridgehead atoms. The Morgan fingerprint density at radius 2 is 1.57 bits per heavy atom. The third-order valence-corrected chi connectivity index (χ3v) is 2.98. The van der Waals surface area contributed by atoms with Gasteiger partial charge in [-0.15, -0.1) is 0 Å². The highest BCUT2D eigenvalue weighted by Gasteiger charge is 2.19. The van der Waals surface area contributed by atoms with Gasteiger partial charge in [0, 0.05) is 26.2 Å². The first kappa shape index (κ1) is 16.7. The average molecular weight is 292 g/mol. The molecule has 0 fully saturated rings. The van der Waals surface area contributed by atoms with Gasteiger partial charge in [0.1, 0.15) is 6.54 Å². The number of carbonyl (C=O) groups excluding carboxylic acids is 2. The highest BCUT2D eigenvalue weighted by Crippen LogP contribution is 2.09. The van der Waals surface area contributed by atoms with Gasteiger partial charge in [0.25, 0.3) is 5.91 Å². The number of nitrogens with zero attached hydrogens (tertiary/aromatic N) is 2. The number of likely N-dealkylation sites (N-methyl/N-ethyl adjacent to an activating group) is 1. The Kier molecular flexibility index (Phi) is 5.90. The molecule has 0 aromatic heterocycles. The quantitative estimate of drug-likeness (QED) is 0.858. The van der Waals surface area contributed by atoms with Crippen molar-refractivity contribution >= 4 is 17.8 Å². The summed E-state index contributed by atoms with van der Waals surface area (Å²) < 4.78 is 0. The highest BCUT2D eigenvalue weighted by atomic mass is 16.4. The zero-order chi connectivity index (χ0) is 16.0. The van der Waals surface area contributed by atoms with E-state index in [0.717, 1.165) is 6.42 Å². The molecule has 1 aromatic rings. The van der Waals surface area contributed by atoms with E-state index in [9.17, 15) is 14.4 Å². The Hall–Kier alpha value is -2.37. The number of aromatic carboxylic acids is 1. The number of hydrogen-bond acceptors (Lipinski definition) is 3. The summed E-state index contributed by atoms with van der Waals surface area (Å²) in [6.45, 7) is 2.41. The van der Waals surface area contributed by atoms with Crippen LogP contribution < -0.4 is 0 Å². The van der Waals surface area contributed by atoms with Crippen LogP contribution in [0.5, 0.6) is 0 Å². The number of benzene rings is 1. The first-order valence-corrected chi connectivity index (χ1v) is 6.69. The van der Waals surface area contributed by atoms with Crippen molar-refractivity contribution in [3.63, 3.8) is 0 Å². The molecule has 0 aliphatic rings. The molecule has 0 aliphatic carbocycles. The van der Waals surface area contributed by atoms with Crippen LogP contribution in [0.2, 0.25) is 0 Å². The second-order valence-electron chi connectivity index (χ2n) is 4.90. The van der Waals surface area contributed by atoms with Gasteiger partial charge in [0.05, 0.1) is 5.56 Å². The van der Waals surface area contributed by atoms with E-state index in [4.69, 9.17) is 5.11 Å². The molecule has 0 radical (unpaired) electrons. The molecule has 0 saturated heterocycles. The minimum absolute atomic E-state index is 0.0142. The third kappa shape index (κ3) is 4.59. The Morgan fingerprint density at radius 3 is 2.00 bits per heavy atom. The van der Waals surface area contributed by atoms with E-state index in [0.29, 0.717) is 12.1 Å². The molecule has 1 rings (SSSR count). The fourth-order valence-corrected chi connectivity index (χ4v) is 1.76. The zero-order valence-electron chi connectivity index (χ0n) is 12.5.